The Morgan fingerprint density at radius 3 is 3.00 bits per heavy atom. The van der Waals surface area contributed by atoms with Crippen molar-refractivity contribution in [2.24, 2.45) is 0 Å². The Kier molecular flexibility index (Phi) is 3.58. The third-order valence-electron chi connectivity index (χ3n) is 1.74. The van der Waals surface area contributed by atoms with Gasteiger partial charge in [-0.25, -0.2) is 4.98 Å². The highest BCUT2D eigenvalue weighted by molar-refractivity contribution is 8.01. The van der Waals surface area contributed by atoms with Gasteiger partial charge in [-0.05, 0) is 29.2 Å². The van der Waals surface area contributed by atoms with Crippen molar-refractivity contribution < 1.29 is 5.11 Å². The van der Waals surface area contributed by atoms with Crippen LogP contribution in [-0.4, -0.2) is 14.5 Å². The number of hydrogen-bond acceptors (Lipinski definition) is 5. The summed E-state index contributed by atoms with van der Waals surface area (Å²) in [5.74, 6) is 0. The molecule has 0 saturated heterocycles. The molecule has 0 unspecified atom stereocenters. The first-order valence-corrected chi connectivity index (χ1v) is 6.10. The van der Waals surface area contributed by atoms with E-state index in [0.29, 0.717) is 5.02 Å². The molecule has 6 heteroatoms. The first-order valence-electron chi connectivity index (χ1n) is 4.13. The number of rotatable bonds is 3. The minimum atomic E-state index is -0.00168. The molecule has 78 valence electrons. The highest BCUT2D eigenvalue weighted by Gasteiger charge is 2.06. The summed E-state index contributed by atoms with van der Waals surface area (Å²) in [5.41, 5.74) is 0.847. The molecule has 2 rings (SSSR count). The Labute approximate surface area is 100 Å². The maximum atomic E-state index is 9.15. The van der Waals surface area contributed by atoms with Crippen LogP contribution >= 0.6 is 34.9 Å². The van der Waals surface area contributed by atoms with E-state index >= 15 is 0 Å². The van der Waals surface area contributed by atoms with Gasteiger partial charge in [0.25, 0.3) is 0 Å². The number of aliphatic hydroxyl groups is 1. The molecule has 1 aromatic heterocycles. The van der Waals surface area contributed by atoms with Crippen molar-refractivity contribution in [3.8, 4) is 0 Å². The van der Waals surface area contributed by atoms with E-state index in [9.17, 15) is 0 Å². The zero-order chi connectivity index (χ0) is 10.7. The van der Waals surface area contributed by atoms with E-state index < -0.39 is 0 Å². The van der Waals surface area contributed by atoms with Crippen molar-refractivity contribution in [1.82, 2.24) is 9.36 Å². The van der Waals surface area contributed by atoms with Gasteiger partial charge in [-0.15, -0.1) is 0 Å². The number of benzene rings is 1. The topological polar surface area (TPSA) is 46.0 Å². The molecule has 0 bridgehead atoms. The van der Waals surface area contributed by atoms with E-state index in [0.717, 1.165) is 14.8 Å². The fourth-order valence-electron chi connectivity index (χ4n) is 1.06. The van der Waals surface area contributed by atoms with Crippen LogP contribution in [0.25, 0.3) is 0 Å². The lowest BCUT2D eigenvalue weighted by Crippen LogP contribution is -1.86. The lowest BCUT2D eigenvalue weighted by atomic mass is 10.2. The second-order valence-electron chi connectivity index (χ2n) is 2.72. The SMILES string of the molecule is OCc1ccc(Cl)cc1Sc1ncns1. The molecule has 0 aliphatic heterocycles. The number of aliphatic hydroxyl groups excluding tert-OH is 1. The molecule has 0 saturated carbocycles. The molecule has 2 aromatic rings. The van der Waals surface area contributed by atoms with E-state index in [-0.39, 0.29) is 6.61 Å². The standard InChI is InChI=1S/C9H7ClN2OS2/c10-7-2-1-6(4-13)8(3-7)14-9-11-5-12-15-9/h1-3,5,13H,4H2. The summed E-state index contributed by atoms with van der Waals surface area (Å²) in [6.45, 7) is -0.00168. The third kappa shape index (κ3) is 2.69. The summed E-state index contributed by atoms with van der Waals surface area (Å²) in [7, 11) is 0. The monoisotopic (exact) mass is 258 g/mol. The van der Waals surface area contributed by atoms with Gasteiger partial charge < -0.3 is 5.11 Å². The van der Waals surface area contributed by atoms with Crippen LogP contribution in [0.2, 0.25) is 5.02 Å². The maximum Gasteiger partial charge on any atom is 0.174 e. The molecule has 15 heavy (non-hydrogen) atoms. The Bertz CT molecular complexity index is 447. The second-order valence-corrected chi connectivity index (χ2v) is 5.22. The smallest absolute Gasteiger partial charge is 0.174 e. The summed E-state index contributed by atoms with van der Waals surface area (Å²) in [6, 6.07) is 5.39. The van der Waals surface area contributed by atoms with Gasteiger partial charge in [-0.3, -0.25) is 0 Å². The number of nitrogens with zero attached hydrogens (tertiary/aromatic N) is 2. The van der Waals surface area contributed by atoms with E-state index in [2.05, 4.69) is 9.36 Å². The van der Waals surface area contributed by atoms with Crippen molar-refractivity contribution in [3.05, 3.63) is 35.1 Å². The van der Waals surface area contributed by atoms with Crippen molar-refractivity contribution in [2.75, 3.05) is 0 Å². The zero-order valence-electron chi connectivity index (χ0n) is 7.55. The van der Waals surface area contributed by atoms with Gasteiger partial charge in [0.15, 0.2) is 4.34 Å². The quantitative estimate of drug-likeness (QED) is 0.920. The van der Waals surface area contributed by atoms with Crippen molar-refractivity contribution in [1.29, 1.82) is 0 Å². The van der Waals surface area contributed by atoms with E-state index in [1.165, 1.54) is 29.6 Å². The fraction of sp³-hybridized carbons (Fsp3) is 0.111. The molecule has 0 aliphatic rings. The van der Waals surface area contributed by atoms with Gasteiger partial charge in [-0.1, -0.05) is 29.4 Å². The molecular weight excluding hydrogens is 252 g/mol. The van der Waals surface area contributed by atoms with Crippen LogP contribution in [0.4, 0.5) is 0 Å². The van der Waals surface area contributed by atoms with Crippen LogP contribution in [0.15, 0.2) is 33.8 Å². The van der Waals surface area contributed by atoms with Crippen LogP contribution in [0, 0.1) is 0 Å². The van der Waals surface area contributed by atoms with Crippen LogP contribution < -0.4 is 0 Å². The summed E-state index contributed by atoms with van der Waals surface area (Å²) in [4.78, 5) is 4.98. The Balaban J connectivity index is 2.30. The molecule has 0 spiro atoms. The zero-order valence-corrected chi connectivity index (χ0v) is 9.94. The average Bonchev–Trinajstić information content (AvgIpc) is 2.71. The molecule has 0 atom stereocenters. The second kappa shape index (κ2) is 4.94. The predicted molar refractivity (Wildman–Crippen MR) is 61.4 cm³/mol. The predicted octanol–water partition coefficient (Wildman–Crippen LogP) is 2.84. The third-order valence-corrected chi connectivity index (χ3v) is 3.79. The first kappa shape index (κ1) is 10.9. The maximum absolute atomic E-state index is 9.15. The van der Waals surface area contributed by atoms with Crippen LogP contribution in [0.3, 0.4) is 0 Å². The van der Waals surface area contributed by atoms with Gasteiger partial charge in [0.1, 0.15) is 6.33 Å². The average molecular weight is 259 g/mol. The Hall–Kier alpha value is -0.620. The van der Waals surface area contributed by atoms with Crippen molar-refractivity contribution >= 4 is 34.9 Å². The summed E-state index contributed by atoms with van der Waals surface area (Å²) < 4.78 is 4.75. The van der Waals surface area contributed by atoms with Gasteiger partial charge in [0.2, 0.25) is 0 Å². The minimum Gasteiger partial charge on any atom is -0.392 e. The summed E-state index contributed by atoms with van der Waals surface area (Å²) in [6.07, 6.45) is 1.51. The molecule has 1 heterocycles. The largest absolute Gasteiger partial charge is 0.392 e. The lowest BCUT2D eigenvalue weighted by molar-refractivity contribution is 0.279. The molecule has 1 N–H and O–H groups in total. The number of hydrogen-bond donors (Lipinski definition) is 1. The molecule has 0 aliphatic carbocycles. The summed E-state index contributed by atoms with van der Waals surface area (Å²) >= 11 is 8.67. The van der Waals surface area contributed by atoms with E-state index in [1.54, 1.807) is 6.07 Å². The first-order chi connectivity index (χ1) is 7.29. The van der Waals surface area contributed by atoms with Gasteiger partial charge in [0, 0.05) is 9.92 Å². The van der Waals surface area contributed by atoms with Gasteiger partial charge in [-0.2, -0.15) is 4.37 Å². The minimum absolute atomic E-state index is 0.00168. The van der Waals surface area contributed by atoms with Gasteiger partial charge in [0.05, 0.1) is 6.61 Å². The Morgan fingerprint density at radius 2 is 2.33 bits per heavy atom. The van der Waals surface area contributed by atoms with Crippen LogP contribution in [0.5, 0.6) is 0 Å². The normalized spacial score (nSPS) is 10.5. The summed E-state index contributed by atoms with van der Waals surface area (Å²) in [5, 5.41) is 9.80. The molecular formula is C9H7ClN2OS2. The number of halogens is 1. The van der Waals surface area contributed by atoms with Crippen LogP contribution in [0.1, 0.15) is 5.56 Å². The fourth-order valence-corrected chi connectivity index (χ4v) is 2.86. The highest BCUT2D eigenvalue weighted by Crippen LogP contribution is 2.32. The van der Waals surface area contributed by atoms with Crippen molar-refractivity contribution in [2.45, 2.75) is 15.8 Å². The van der Waals surface area contributed by atoms with E-state index in [4.69, 9.17) is 16.7 Å². The molecule has 3 nitrogen and oxygen atoms in total. The molecule has 0 radical (unpaired) electrons. The van der Waals surface area contributed by atoms with E-state index in [1.807, 2.05) is 12.1 Å². The Morgan fingerprint density at radius 1 is 1.47 bits per heavy atom. The highest BCUT2D eigenvalue weighted by atomic mass is 35.5. The molecule has 0 amide bonds. The molecule has 0 fully saturated rings. The molecule has 1 aromatic carbocycles. The lowest BCUT2D eigenvalue weighted by Gasteiger charge is -2.04. The van der Waals surface area contributed by atoms with Crippen LogP contribution in [-0.2, 0) is 6.61 Å². The number of aromatic nitrogens is 2. The van der Waals surface area contributed by atoms with Crippen molar-refractivity contribution in [3.63, 3.8) is 0 Å². The van der Waals surface area contributed by atoms with Gasteiger partial charge >= 0.3 is 0 Å².